The molecule has 3 fully saturated rings. The second-order valence-electron chi connectivity index (χ2n) is 9.37. The maximum absolute atomic E-state index is 13.7. The van der Waals surface area contributed by atoms with Gasteiger partial charge in [0, 0.05) is 30.4 Å². The zero-order valence-corrected chi connectivity index (χ0v) is 18.3. The van der Waals surface area contributed by atoms with Crippen molar-refractivity contribution in [2.45, 2.75) is 69.7 Å². The van der Waals surface area contributed by atoms with Crippen molar-refractivity contribution in [2.75, 3.05) is 0 Å². The Morgan fingerprint density at radius 2 is 2.06 bits per heavy atom. The molecule has 0 radical (unpaired) electrons. The summed E-state index contributed by atoms with van der Waals surface area (Å²) in [5, 5.41) is 13.2. The van der Waals surface area contributed by atoms with Crippen molar-refractivity contribution < 1.29 is 28.6 Å². The molecular weight excluding hydrogens is 445 g/mol. The third-order valence-corrected chi connectivity index (χ3v) is 6.99. The smallest absolute Gasteiger partial charge is 0.276 e. The molecule has 2 amide bonds. The van der Waals surface area contributed by atoms with E-state index in [1.807, 2.05) is 0 Å². The number of nitrogens with zero attached hydrogens (tertiary/aromatic N) is 2. The first kappa shape index (κ1) is 21.2. The van der Waals surface area contributed by atoms with Crippen LogP contribution in [0.5, 0.6) is 11.5 Å². The Kier molecular flexibility index (Phi) is 4.87. The first-order chi connectivity index (χ1) is 16.4. The van der Waals surface area contributed by atoms with Crippen molar-refractivity contribution in [3.63, 3.8) is 0 Å². The Bertz CT molecular complexity index is 1260. The van der Waals surface area contributed by atoms with E-state index >= 15 is 0 Å². The standard InChI is InChI=1S/C24H24FN3O6/c25-13-2-1-12(18(7-13)33-15-5-6-15)9-26-23(31)17-10-27-11-19-28(14-3-4-16(8-14)34-19)24(32)20(27)22(30)21(17)29/h1-2,7,10,14-16,19,30H,3-6,8-9,11H2,(H,26,31)/t14-,16+,19+/m1/s1. The minimum absolute atomic E-state index is 0.00489. The highest BCUT2D eigenvalue weighted by Gasteiger charge is 2.47. The molecule has 0 spiro atoms. The van der Waals surface area contributed by atoms with Gasteiger partial charge in [0.1, 0.15) is 17.1 Å². The van der Waals surface area contributed by atoms with Crippen LogP contribution in [0.2, 0.25) is 0 Å². The van der Waals surface area contributed by atoms with Gasteiger partial charge >= 0.3 is 0 Å². The molecule has 1 aromatic heterocycles. The van der Waals surface area contributed by atoms with Gasteiger partial charge in [-0.1, -0.05) is 6.07 Å². The van der Waals surface area contributed by atoms with Crippen LogP contribution < -0.4 is 15.5 Å². The lowest BCUT2D eigenvalue weighted by molar-refractivity contribution is -0.132. The van der Waals surface area contributed by atoms with E-state index in [1.165, 1.54) is 29.0 Å². The second kappa shape index (κ2) is 7.83. The van der Waals surface area contributed by atoms with Gasteiger partial charge in [0.05, 0.1) is 18.8 Å². The Morgan fingerprint density at radius 1 is 1.24 bits per heavy atom. The average Bonchev–Trinajstić information content (AvgIpc) is 3.55. The average molecular weight is 469 g/mol. The molecule has 2 aliphatic carbocycles. The van der Waals surface area contributed by atoms with E-state index in [4.69, 9.17) is 9.47 Å². The summed E-state index contributed by atoms with van der Waals surface area (Å²) < 4.78 is 26.8. The van der Waals surface area contributed by atoms with Gasteiger partial charge in [0.25, 0.3) is 11.8 Å². The van der Waals surface area contributed by atoms with Crippen molar-refractivity contribution >= 4 is 11.8 Å². The van der Waals surface area contributed by atoms with E-state index in [0.717, 1.165) is 32.1 Å². The lowest BCUT2D eigenvalue weighted by atomic mass is 10.1. The first-order valence-electron chi connectivity index (χ1n) is 11.6. The number of hydrogen-bond donors (Lipinski definition) is 2. The summed E-state index contributed by atoms with van der Waals surface area (Å²) in [7, 11) is 0. The van der Waals surface area contributed by atoms with E-state index in [0.29, 0.717) is 11.3 Å². The highest BCUT2D eigenvalue weighted by atomic mass is 19.1. The highest BCUT2D eigenvalue weighted by molar-refractivity contribution is 5.99. The monoisotopic (exact) mass is 469 g/mol. The van der Waals surface area contributed by atoms with Crippen LogP contribution >= 0.6 is 0 Å². The minimum Gasteiger partial charge on any atom is -0.503 e. The number of nitrogens with one attached hydrogen (secondary N) is 1. The maximum Gasteiger partial charge on any atom is 0.276 e. The number of hydrogen-bond acceptors (Lipinski definition) is 6. The molecule has 4 aliphatic rings. The van der Waals surface area contributed by atoms with Crippen LogP contribution in [0, 0.1) is 5.82 Å². The summed E-state index contributed by atoms with van der Waals surface area (Å²) in [5.74, 6) is -2.01. The third-order valence-electron chi connectivity index (χ3n) is 6.99. The number of aromatic nitrogens is 1. The fraction of sp³-hybridized carbons (Fsp3) is 0.458. The first-order valence-corrected chi connectivity index (χ1v) is 11.6. The Morgan fingerprint density at radius 3 is 2.85 bits per heavy atom. The van der Waals surface area contributed by atoms with E-state index in [-0.39, 0.29) is 42.6 Å². The molecule has 2 bridgehead atoms. The summed E-state index contributed by atoms with van der Waals surface area (Å²) in [6.07, 6.45) is 5.20. The molecule has 2 saturated carbocycles. The molecular formula is C24H24FN3O6. The molecule has 2 aromatic rings. The van der Waals surface area contributed by atoms with Crippen molar-refractivity contribution in [2.24, 2.45) is 0 Å². The van der Waals surface area contributed by atoms with Gasteiger partial charge in [-0.15, -0.1) is 0 Å². The van der Waals surface area contributed by atoms with E-state index in [2.05, 4.69) is 5.32 Å². The number of halogens is 1. The summed E-state index contributed by atoms with van der Waals surface area (Å²) in [6, 6.07) is 4.10. The highest BCUT2D eigenvalue weighted by Crippen LogP contribution is 2.38. The number of aromatic hydroxyl groups is 1. The number of fused-ring (bicyclic) bond motifs is 5. The molecule has 3 heterocycles. The van der Waals surface area contributed by atoms with Crippen LogP contribution in [0.15, 0.2) is 29.2 Å². The topological polar surface area (TPSA) is 110 Å². The normalized spacial score (nSPS) is 25.0. The van der Waals surface area contributed by atoms with Crippen LogP contribution in [-0.2, 0) is 17.8 Å². The van der Waals surface area contributed by atoms with Gasteiger partial charge in [0.2, 0.25) is 5.43 Å². The molecule has 34 heavy (non-hydrogen) atoms. The molecule has 178 valence electrons. The number of pyridine rings is 1. The third kappa shape index (κ3) is 3.53. The Labute approximate surface area is 194 Å². The van der Waals surface area contributed by atoms with E-state index < -0.39 is 35.0 Å². The number of amides is 2. The Balaban J connectivity index is 1.26. The zero-order chi connectivity index (χ0) is 23.6. The quantitative estimate of drug-likeness (QED) is 0.692. The molecule has 9 nitrogen and oxygen atoms in total. The number of carbonyl (C=O) groups excluding carboxylic acids is 2. The van der Waals surface area contributed by atoms with Gasteiger partial charge in [-0.25, -0.2) is 4.39 Å². The van der Waals surface area contributed by atoms with Gasteiger partial charge in [0.15, 0.2) is 17.7 Å². The van der Waals surface area contributed by atoms with Crippen LogP contribution in [0.25, 0.3) is 0 Å². The maximum atomic E-state index is 13.7. The van der Waals surface area contributed by atoms with E-state index in [1.54, 1.807) is 4.90 Å². The number of benzene rings is 1. The molecule has 0 unspecified atom stereocenters. The van der Waals surface area contributed by atoms with Gasteiger partial charge < -0.3 is 29.4 Å². The number of ether oxygens (including phenoxy) is 2. The van der Waals surface area contributed by atoms with Crippen LogP contribution in [0.1, 0.15) is 58.5 Å². The molecule has 10 heteroatoms. The SMILES string of the molecule is O=C(NCc1ccc(F)cc1OC1CC1)c1cn2c(c(O)c1=O)C(=O)N1[C@@H]3CC[C@@H](C3)O[C@H]1C2. The summed E-state index contributed by atoms with van der Waals surface area (Å²) in [5.41, 5.74) is -0.745. The summed E-state index contributed by atoms with van der Waals surface area (Å²) in [4.78, 5) is 40.5. The van der Waals surface area contributed by atoms with Gasteiger partial charge in [-0.05, 0) is 38.2 Å². The lowest BCUT2D eigenvalue weighted by Gasteiger charge is -2.44. The molecule has 2 aliphatic heterocycles. The van der Waals surface area contributed by atoms with Crippen molar-refractivity contribution in [1.29, 1.82) is 0 Å². The van der Waals surface area contributed by atoms with Crippen molar-refractivity contribution in [3.8, 4) is 11.5 Å². The fourth-order valence-corrected chi connectivity index (χ4v) is 5.14. The van der Waals surface area contributed by atoms with Crippen molar-refractivity contribution in [1.82, 2.24) is 14.8 Å². The second-order valence-corrected chi connectivity index (χ2v) is 9.37. The molecule has 1 saturated heterocycles. The fourth-order valence-electron chi connectivity index (χ4n) is 5.14. The number of carbonyl (C=O) groups is 2. The summed E-state index contributed by atoms with van der Waals surface area (Å²) >= 11 is 0. The molecule has 2 N–H and O–H groups in total. The predicted molar refractivity (Wildman–Crippen MR) is 116 cm³/mol. The zero-order valence-electron chi connectivity index (χ0n) is 18.3. The lowest BCUT2D eigenvalue weighted by Crippen LogP contribution is -2.57. The largest absolute Gasteiger partial charge is 0.503 e. The van der Waals surface area contributed by atoms with Crippen LogP contribution in [0.3, 0.4) is 0 Å². The van der Waals surface area contributed by atoms with Gasteiger partial charge in [-0.3, -0.25) is 14.4 Å². The number of rotatable bonds is 5. The van der Waals surface area contributed by atoms with E-state index in [9.17, 15) is 23.9 Å². The predicted octanol–water partition coefficient (Wildman–Crippen LogP) is 1.90. The van der Waals surface area contributed by atoms with Crippen LogP contribution in [-0.4, -0.2) is 50.9 Å². The molecule has 6 rings (SSSR count). The van der Waals surface area contributed by atoms with Crippen molar-refractivity contribution in [3.05, 3.63) is 57.3 Å². The Hall–Kier alpha value is -3.40. The molecule has 1 aromatic carbocycles. The summed E-state index contributed by atoms with van der Waals surface area (Å²) in [6.45, 7) is 0.227. The minimum atomic E-state index is -0.911. The van der Waals surface area contributed by atoms with Gasteiger partial charge in [-0.2, -0.15) is 0 Å². The van der Waals surface area contributed by atoms with Crippen LogP contribution in [0.4, 0.5) is 4.39 Å². The molecule has 3 atom stereocenters.